The van der Waals surface area contributed by atoms with Gasteiger partial charge < -0.3 is 9.47 Å². The average molecular weight is 296 g/mol. The van der Waals surface area contributed by atoms with Crippen LogP contribution in [-0.4, -0.2) is 19.0 Å². The third-order valence-electron chi connectivity index (χ3n) is 2.99. The number of hydrogen-bond acceptors (Lipinski definition) is 4. The first-order chi connectivity index (χ1) is 10.6. The van der Waals surface area contributed by atoms with Crippen molar-refractivity contribution >= 4 is 18.0 Å². The average Bonchev–Trinajstić information content (AvgIpc) is 2.54. The summed E-state index contributed by atoms with van der Waals surface area (Å²) in [6.45, 7) is 1.99. The maximum atomic E-state index is 11.9. The highest BCUT2D eigenvalue weighted by molar-refractivity contribution is 5.95. The van der Waals surface area contributed by atoms with Crippen LogP contribution in [0.25, 0.3) is 6.08 Å². The lowest BCUT2D eigenvalue weighted by Crippen LogP contribution is -2.09. The minimum absolute atomic E-state index is 0.174. The molecule has 4 nitrogen and oxygen atoms in total. The second-order valence-corrected chi connectivity index (χ2v) is 4.65. The summed E-state index contributed by atoms with van der Waals surface area (Å²) >= 11 is 0. The van der Waals surface area contributed by atoms with Crippen LogP contribution >= 0.6 is 0 Å². The van der Waals surface area contributed by atoms with Crippen molar-refractivity contribution in [1.82, 2.24) is 0 Å². The monoisotopic (exact) mass is 296 g/mol. The summed E-state index contributed by atoms with van der Waals surface area (Å²) in [4.78, 5) is 23.5. The first-order valence-electron chi connectivity index (χ1n) is 6.74. The Morgan fingerprint density at radius 1 is 1.00 bits per heavy atom. The van der Waals surface area contributed by atoms with Gasteiger partial charge in [-0.15, -0.1) is 0 Å². The number of benzene rings is 2. The van der Waals surface area contributed by atoms with Crippen molar-refractivity contribution in [3.05, 3.63) is 71.3 Å². The van der Waals surface area contributed by atoms with E-state index in [-0.39, 0.29) is 11.3 Å². The Bertz CT molecular complexity index is 699. The Balaban J connectivity index is 2.09. The van der Waals surface area contributed by atoms with Gasteiger partial charge in [0.05, 0.1) is 7.11 Å². The predicted molar refractivity (Wildman–Crippen MR) is 83.6 cm³/mol. The molecule has 0 aromatic heterocycles. The number of carbonyl (C=O) groups excluding carboxylic acids is 2. The zero-order chi connectivity index (χ0) is 15.9. The Labute approximate surface area is 129 Å². The summed E-state index contributed by atoms with van der Waals surface area (Å²) in [6.07, 6.45) is 2.97. The van der Waals surface area contributed by atoms with Crippen molar-refractivity contribution in [2.75, 3.05) is 7.11 Å². The molecule has 2 aromatic carbocycles. The number of ether oxygens (including phenoxy) is 2. The second kappa shape index (κ2) is 7.22. The van der Waals surface area contributed by atoms with Crippen LogP contribution in [0.2, 0.25) is 0 Å². The van der Waals surface area contributed by atoms with E-state index in [4.69, 9.17) is 4.74 Å². The van der Waals surface area contributed by atoms with Crippen LogP contribution in [0.3, 0.4) is 0 Å². The van der Waals surface area contributed by atoms with Crippen LogP contribution in [0.5, 0.6) is 5.75 Å². The Kier molecular flexibility index (Phi) is 5.09. The molecule has 0 radical (unpaired) electrons. The molecule has 0 aliphatic carbocycles. The van der Waals surface area contributed by atoms with Gasteiger partial charge in [-0.3, -0.25) is 0 Å². The first kappa shape index (κ1) is 15.5. The maximum Gasteiger partial charge on any atom is 0.341 e. The molecule has 4 heteroatoms. The van der Waals surface area contributed by atoms with E-state index in [1.807, 2.05) is 31.2 Å². The highest BCUT2D eigenvalue weighted by Crippen LogP contribution is 2.19. The van der Waals surface area contributed by atoms with Gasteiger partial charge in [0.15, 0.2) is 0 Å². The second-order valence-electron chi connectivity index (χ2n) is 4.65. The fourth-order valence-electron chi connectivity index (χ4n) is 1.82. The third-order valence-corrected chi connectivity index (χ3v) is 2.99. The highest BCUT2D eigenvalue weighted by Gasteiger charge is 2.13. The normalized spacial score (nSPS) is 10.5. The van der Waals surface area contributed by atoms with E-state index in [1.165, 1.54) is 19.3 Å². The minimum atomic E-state index is -0.558. The van der Waals surface area contributed by atoms with E-state index in [2.05, 4.69) is 4.74 Å². The minimum Gasteiger partial charge on any atom is -0.465 e. The van der Waals surface area contributed by atoms with Gasteiger partial charge in [0.2, 0.25) is 0 Å². The van der Waals surface area contributed by atoms with Crippen molar-refractivity contribution in [3.8, 4) is 5.75 Å². The molecule has 2 aromatic rings. The Morgan fingerprint density at radius 3 is 2.36 bits per heavy atom. The van der Waals surface area contributed by atoms with Crippen LogP contribution in [0.4, 0.5) is 0 Å². The van der Waals surface area contributed by atoms with Gasteiger partial charge in [0, 0.05) is 6.08 Å². The van der Waals surface area contributed by atoms with Crippen LogP contribution in [0.15, 0.2) is 54.6 Å². The number of esters is 2. The molecule has 0 heterocycles. The summed E-state index contributed by atoms with van der Waals surface area (Å²) in [7, 11) is 1.28. The maximum absolute atomic E-state index is 11.9. The predicted octanol–water partition coefficient (Wildman–Crippen LogP) is 3.40. The largest absolute Gasteiger partial charge is 0.465 e. The van der Waals surface area contributed by atoms with E-state index < -0.39 is 11.9 Å². The number of aryl methyl sites for hydroxylation is 1. The van der Waals surface area contributed by atoms with Gasteiger partial charge in [-0.1, -0.05) is 42.0 Å². The van der Waals surface area contributed by atoms with E-state index >= 15 is 0 Å². The summed E-state index contributed by atoms with van der Waals surface area (Å²) in [5.74, 6) is -0.934. The molecular weight excluding hydrogens is 280 g/mol. The fourth-order valence-corrected chi connectivity index (χ4v) is 1.82. The standard InChI is InChI=1S/C18H16O4/c1-13-7-9-14(10-8-13)11-12-17(19)22-16-6-4-3-5-15(16)18(20)21-2/h3-12H,1-2H3/b12-11+. The van der Waals surface area contributed by atoms with E-state index in [1.54, 1.807) is 24.3 Å². The lowest BCUT2D eigenvalue weighted by molar-refractivity contribution is -0.128. The zero-order valence-electron chi connectivity index (χ0n) is 12.4. The molecule has 0 spiro atoms. The number of carbonyl (C=O) groups is 2. The van der Waals surface area contributed by atoms with Crippen molar-refractivity contribution in [3.63, 3.8) is 0 Å². The molecule has 2 rings (SSSR count). The van der Waals surface area contributed by atoms with Crippen LogP contribution in [0.1, 0.15) is 21.5 Å². The SMILES string of the molecule is COC(=O)c1ccccc1OC(=O)/C=C/c1ccc(C)cc1. The number of methoxy groups -OCH3 is 1. The molecule has 0 saturated carbocycles. The molecular formula is C18H16O4. The van der Waals surface area contributed by atoms with Crippen molar-refractivity contribution in [2.24, 2.45) is 0 Å². The van der Waals surface area contributed by atoms with Gasteiger partial charge >= 0.3 is 11.9 Å². The van der Waals surface area contributed by atoms with Crippen molar-refractivity contribution in [1.29, 1.82) is 0 Å². The molecule has 0 amide bonds. The molecule has 0 N–H and O–H groups in total. The Hall–Kier alpha value is -2.88. The lowest BCUT2D eigenvalue weighted by atomic mass is 10.1. The Morgan fingerprint density at radius 2 is 1.68 bits per heavy atom. The van der Waals surface area contributed by atoms with E-state index in [0.717, 1.165) is 11.1 Å². The molecule has 0 aliphatic heterocycles. The van der Waals surface area contributed by atoms with Crippen molar-refractivity contribution in [2.45, 2.75) is 6.92 Å². The molecule has 22 heavy (non-hydrogen) atoms. The molecule has 0 atom stereocenters. The smallest absolute Gasteiger partial charge is 0.341 e. The van der Waals surface area contributed by atoms with Gasteiger partial charge in [0.25, 0.3) is 0 Å². The lowest BCUT2D eigenvalue weighted by Gasteiger charge is -2.06. The summed E-state index contributed by atoms with van der Waals surface area (Å²) < 4.78 is 9.84. The molecule has 112 valence electrons. The highest BCUT2D eigenvalue weighted by atomic mass is 16.5. The van der Waals surface area contributed by atoms with Gasteiger partial charge in [0.1, 0.15) is 11.3 Å². The van der Waals surface area contributed by atoms with Gasteiger partial charge in [-0.2, -0.15) is 0 Å². The summed E-state index contributed by atoms with van der Waals surface area (Å²) in [5, 5.41) is 0. The summed E-state index contributed by atoms with van der Waals surface area (Å²) in [6, 6.07) is 14.2. The molecule has 0 unspecified atom stereocenters. The van der Waals surface area contributed by atoms with E-state index in [0.29, 0.717) is 0 Å². The fraction of sp³-hybridized carbons (Fsp3) is 0.111. The zero-order valence-corrected chi connectivity index (χ0v) is 12.4. The van der Waals surface area contributed by atoms with Crippen LogP contribution in [0, 0.1) is 6.92 Å². The summed E-state index contributed by atoms with van der Waals surface area (Å²) in [5.41, 5.74) is 2.25. The van der Waals surface area contributed by atoms with Gasteiger partial charge in [-0.05, 0) is 30.7 Å². The number of rotatable bonds is 4. The van der Waals surface area contributed by atoms with Crippen molar-refractivity contribution < 1.29 is 19.1 Å². The molecule has 0 fully saturated rings. The molecule has 0 bridgehead atoms. The quantitative estimate of drug-likeness (QED) is 0.493. The third kappa shape index (κ3) is 4.06. The van der Waals surface area contributed by atoms with Gasteiger partial charge in [-0.25, -0.2) is 9.59 Å². The van der Waals surface area contributed by atoms with E-state index in [9.17, 15) is 9.59 Å². The van der Waals surface area contributed by atoms with Crippen LogP contribution in [-0.2, 0) is 9.53 Å². The number of para-hydroxylation sites is 1. The first-order valence-corrected chi connectivity index (χ1v) is 6.74. The topological polar surface area (TPSA) is 52.6 Å². The molecule has 0 aliphatic rings. The molecule has 0 saturated heterocycles. The van der Waals surface area contributed by atoms with Crippen LogP contribution < -0.4 is 4.74 Å². The number of hydrogen-bond donors (Lipinski definition) is 0.